The second-order valence-corrected chi connectivity index (χ2v) is 8.51. The maximum absolute atomic E-state index is 13.6. The molecular formula is C27H34N2O5. The maximum Gasteiger partial charge on any atom is 0.295 e. The molecule has 1 heterocycles. The lowest BCUT2D eigenvalue weighted by Gasteiger charge is -2.29. The van der Waals surface area contributed by atoms with Gasteiger partial charge >= 0.3 is 0 Å². The summed E-state index contributed by atoms with van der Waals surface area (Å²) in [6.45, 7) is 9.38. The summed E-state index contributed by atoms with van der Waals surface area (Å²) in [5, 5.41) is 13.6. The van der Waals surface area contributed by atoms with Crippen LogP contribution < -0.4 is 19.5 Å². The number of methoxy groups -OCH3 is 2. The van der Waals surface area contributed by atoms with E-state index in [0.717, 1.165) is 25.2 Å². The van der Waals surface area contributed by atoms with Gasteiger partial charge < -0.3 is 24.4 Å². The Bertz CT molecular complexity index is 1060. The van der Waals surface area contributed by atoms with Gasteiger partial charge in [-0.3, -0.25) is 9.59 Å². The molecule has 0 aliphatic carbocycles. The number of hydrogen-bond donors (Lipinski definition) is 1. The molecule has 182 valence electrons. The highest BCUT2D eigenvalue weighted by molar-refractivity contribution is 6.46. The first-order valence-corrected chi connectivity index (χ1v) is 11.7. The smallest absolute Gasteiger partial charge is 0.295 e. The van der Waals surface area contributed by atoms with E-state index in [1.54, 1.807) is 37.4 Å². The molecule has 1 unspecified atom stereocenters. The van der Waals surface area contributed by atoms with Crippen LogP contribution in [0.1, 0.15) is 43.0 Å². The van der Waals surface area contributed by atoms with Crippen LogP contribution in [-0.4, -0.2) is 57.0 Å². The number of hydrogen-bond acceptors (Lipinski definition) is 5. The first-order chi connectivity index (χ1) is 16.4. The minimum Gasteiger partial charge on any atom is -0.872 e. The number of nitrogens with zero attached hydrogens (tertiary/aromatic N) is 1. The van der Waals surface area contributed by atoms with Crippen molar-refractivity contribution in [2.45, 2.75) is 33.2 Å². The van der Waals surface area contributed by atoms with E-state index in [0.29, 0.717) is 35.6 Å². The first-order valence-electron chi connectivity index (χ1n) is 11.7. The molecule has 1 N–H and O–H groups in total. The molecule has 0 spiro atoms. The highest BCUT2D eigenvalue weighted by atomic mass is 16.5. The van der Waals surface area contributed by atoms with Gasteiger partial charge in [0.15, 0.2) is 0 Å². The fraction of sp³-hybridized carbons (Fsp3) is 0.407. The summed E-state index contributed by atoms with van der Waals surface area (Å²) in [6, 6.07) is 11.4. The van der Waals surface area contributed by atoms with E-state index in [2.05, 4.69) is 13.8 Å². The lowest BCUT2D eigenvalue weighted by Crippen LogP contribution is -3.11. The molecule has 0 bridgehead atoms. The molecule has 34 heavy (non-hydrogen) atoms. The summed E-state index contributed by atoms with van der Waals surface area (Å²) in [5.74, 6) is -0.806. The van der Waals surface area contributed by atoms with Crippen LogP contribution in [-0.2, 0) is 9.59 Å². The third-order valence-corrected chi connectivity index (χ3v) is 6.50. The second-order valence-electron chi connectivity index (χ2n) is 8.51. The number of carbonyl (C=O) groups is 2. The number of rotatable bonds is 10. The molecule has 0 aromatic heterocycles. The van der Waals surface area contributed by atoms with Crippen LogP contribution in [0.2, 0.25) is 0 Å². The Morgan fingerprint density at radius 3 is 2.29 bits per heavy atom. The van der Waals surface area contributed by atoms with Gasteiger partial charge in [0.2, 0.25) is 5.78 Å². The van der Waals surface area contributed by atoms with Crippen LogP contribution in [0.3, 0.4) is 0 Å². The third kappa shape index (κ3) is 5.09. The molecule has 0 saturated carbocycles. The van der Waals surface area contributed by atoms with Crippen LogP contribution in [0.25, 0.3) is 5.76 Å². The minimum atomic E-state index is -0.842. The van der Waals surface area contributed by atoms with E-state index < -0.39 is 23.5 Å². The fourth-order valence-electron chi connectivity index (χ4n) is 4.44. The van der Waals surface area contributed by atoms with Crippen molar-refractivity contribution in [3.8, 4) is 11.5 Å². The molecule has 1 fully saturated rings. The third-order valence-electron chi connectivity index (χ3n) is 6.50. The molecular weight excluding hydrogens is 432 g/mol. The number of quaternary nitrogens is 1. The molecule has 1 saturated heterocycles. The first kappa shape index (κ1) is 25.3. The number of likely N-dealkylation sites (tertiary alicyclic amines) is 1. The minimum absolute atomic E-state index is 0.0457. The van der Waals surface area contributed by atoms with Crippen molar-refractivity contribution < 1.29 is 29.1 Å². The SMILES string of the molecule is CC[NH+](CC)CCCN1C(=O)C(=O)/C(=C(/[O-])c2ccc(C)cc2)C1c1cc(OC)ccc1OC. The number of nitrogens with one attached hydrogen (secondary N) is 1. The van der Waals surface area contributed by atoms with Crippen molar-refractivity contribution in [3.05, 3.63) is 64.7 Å². The van der Waals surface area contributed by atoms with Crippen molar-refractivity contribution in [1.29, 1.82) is 0 Å². The largest absolute Gasteiger partial charge is 0.872 e. The van der Waals surface area contributed by atoms with Crippen LogP contribution in [0.4, 0.5) is 0 Å². The highest BCUT2D eigenvalue weighted by Gasteiger charge is 2.45. The van der Waals surface area contributed by atoms with Crippen molar-refractivity contribution >= 4 is 17.4 Å². The second kappa shape index (κ2) is 11.2. The van der Waals surface area contributed by atoms with Gasteiger partial charge in [0.25, 0.3) is 5.91 Å². The molecule has 1 aliphatic heterocycles. The van der Waals surface area contributed by atoms with Gasteiger partial charge in [-0.05, 0) is 44.5 Å². The summed E-state index contributed by atoms with van der Waals surface area (Å²) < 4.78 is 11.0. The van der Waals surface area contributed by atoms with Gasteiger partial charge in [-0.1, -0.05) is 35.6 Å². The summed E-state index contributed by atoms with van der Waals surface area (Å²) in [5.41, 5.74) is 1.90. The molecule has 2 aromatic rings. The molecule has 1 amide bonds. The Hall–Kier alpha value is -3.32. The monoisotopic (exact) mass is 466 g/mol. The van der Waals surface area contributed by atoms with E-state index in [-0.39, 0.29) is 5.57 Å². The van der Waals surface area contributed by atoms with Crippen molar-refractivity contribution in [3.63, 3.8) is 0 Å². The summed E-state index contributed by atoms with van der Waals surface area (Å²) in [6.07, 6.45) is 0.713. The molecule has 7 nitrogen and oxygen atoms in total. The average molecular weight is 467 g/mol. The lowest BCUT2D eigenvalue weighted by molar-refractivity contribution is -0.896. The maximum atomic E-state index is 13.6. The van der Waals surface area contributed by atoms with Crippen molar-refractivity contribution in [2.24, 2.45) is 0 Å². The van der Waals surface area contributed by atoms with Gasteiger partial charge in [0.05, 0.1) is 39.9 Å². The summed E-state index contributed by atoms with van der Waals surface area (Å²) in [4.78, 5) is 29.3. The van der Waals surface area contributed by atoms with E-state index in [1.807, 2.05) is 19.1 Å². The Labute approximate surface area is 201 Å². The quantitative estimate of drug-likeness (QED) is 0.326. The topological polar surface area (TPSA) is 83.3 Å². The van der Waals surface area contributed by atoms with E-state index in [9.17, 15) is 14.7 Å². The Kier molecular flexibility index (Phi) is 8.34. The Morgan fingerprint density at radius 2 is 1.71 bits per heavy atom. The average Bonchev–Trinajstić information content (AvgIpc) is 3.11. The molecule has 7 heteroatoms. The van der Waals surface area contributed by atoms with Crippen LogP contribution in [0.15, 0.2) is 48.0 Å². The molecule has 1 atom stereocenters. The summed E-state index contributed by atoms with van der Waals surface area (Å²) in [7, 11) is 3.07. The fourth-order valence-corrected chi connectivity index (χ4v) is 4.44. The van der Waals surface area contributed by atoms with Gasteiger partial charge in [0, 0.05) is 24.1 Å². The number of ether oxygens (including phenoxy) is 2. The predicted octanol–water partition coefficient (Wildman–Crippen LogP) is 1.55. The highest BCUT2D eigenvalue weighted by Crippen LogP contribution is 2.43. The standard InChI is InChI=1S/C27H34N2O5/c1-6-28(7-2)15-8-16-29-24(21-17-20(33-4)13-14-22(21)34-5)23(26(31)27(29)32)25(30)19-11-9-18(3)10-12-19/h9-14,17,24,30H,6-8,15-16H2,1-5H3/b25-23+. The van der Waals surface area contributed by atoms with Crippen LogP contribution in [0.5, 0.6) is 11.5 Å². The number of amides is 1. The zero-order valence-electron chi connectivity index (χ0n) is 20.6. The van der Waals surface area contributed by atoms with Gasteiger partial charge in [-0.15, -0.1) is 0 Å². The number of aryl methyl sites for hydroxylation is 1. The van der Waals surface area contributed by atoms with Crippen LogP contribution >= 0.6 is 0 Å². The van der Waals surface area contributed by atoms with Crippen molar-refractivity contribution in [2.75, 3.05) is 40.4 Å². The van der Waals surface area contributed by atoms with Gasteiger partial charge in [-0.2, -0.15) is 0 Å². The Balaban J connectivity index is 2.13. The number of carbonyl (C=O) groups excluding carboxylic acids is 2. The number of Topliss-reactive ketones (excluding diaryl/α,β-unsaturated/α-hetero) is 1. The van der Waals surface area contributed by atoms with Crippen LogP contribution in [0, 0.1) is 6.92 Å². The molecule has 1 aliphatic rings. The van der Waals surface area contributed by atoms with Gasteiger partial charge in [0.1, 0.15) is 11.5 Å². The molecule has 0 radical (unpaired) electrons. The molecule has 2 aromatic carbocycles. The zero-order valence-corrected chi connectivity index (χ0v) is 20.6. The van der Waals surface area contributed by atoms with E-state index in [4.69, 9.17) is 9.47 Å². The van der Waals surface area contributed by atoms with Crippen molar-refractivity contribution in [1.82, 2.24) is 4.90 Å². The predicted molar refractivity (Wildman–Crippen MR) is 129 cm³/mol. The van der Waals surface area contributed by atoms with E-state index in [1.165, 1.54) is 16.9 Å². The van der Waals surface area contributed by atoms with Gasteiger partial charge in [-0.25, -0.2) is 0 Å². The number of benzene rings is 2. The van der Waals surface area contributed by atoms with E-state index >= 15 is 0 Å². The zero-order chi connectivity index (χ0) is 24.8. The molecule has 3 rings (SSSR count). The summed E-state index contributed by atoms with van der Waals surface area (Å²) >= 11 is 0. The lowest BCUT2D eigenvalue weighted by atomic mass is 9.94. The number of ketones is 1. The Morgan fingerprint density at radius 1 is 1.03 bits per heavy atom. The normalized spacial score (nSPS) is 17.5.